The van der Waals surface area contributed by atoms with Crippen molar-refractivity contribution in [1.82, 2.24) is 15.6 Å². The minimum atomic E-state index is -3.32. The van der Waals surface area contributed by atoms with E-state index < -0.39 is 15.9 Å². The first-order chi connectivity index (χ1) is 19.2. The number of carbonyl (C=O) groups excluding carboxylic acids is 2. The number of benzene rings is 3. The number of aromatic amines is 1. The molecule has 0 aliphatic heterocycles. The lowest BCUT2D eigenvalue weighted by molar-refractivity contribution is -0.125. The largest absolute Gasteiger partial charge is 0.496 e. The predicted octanol–water partition coefficient (Wildman–Crippen LogP) is 3.44. The van der Waals surface area contributed by atoms with Gasteiger partial charge in [0.15, 0.2) is 16.4 Å². The van der Waals surface area contributed by atoms with Crippen LogP contribution < -0.4 is 20.1 Å². The number of para-hydroxylation sites is 2. The molecule has 40 heavy (non-hydrogen) atoms. The fourth-order valence-electron chi connectivity index (χ4n) is 4.42. The molecule has 0 saturated carbocycles. The van der Waals surface area contributed by atoms with Gasteiger partial charge in [0.2, 0.25) is 5.91 Å². The van der Waals surface area contributed by atoms with Gasteiger partial charge >= 0.3 is 0 Å². The number of methoxy groups -OCH3 is 1. The number of carbonyl (C=O) groups is 2. The SMILES string of the molecule is COc1ccccc1CCC(=O)NCC(Cc1c[nH]c2ccccc12)NC(=O)COc1ccc(S(C)(=O)=O)cc1. The maximum absolute atomic E-state index is 12.8. The van der Waals surface area contributed by atoms with E-state index in [1.165, 1.54) is 24.3 Å². The summed E-state index contributed by atoms with van der Waals surface area (Å²) in [6.45, 7) is -0.0244. The summed E-state index contributed by atoms with van der Waals surface area (Å²) in [6, 6.07) is 21.0. The average molecular weight is 564 g/mol. The van der Waals surface area contributed by atoms with E-state index in [2.05, 4.69) is 15.6 Å². The highest BCUT2D eigenvalue weighted by Crippen LogP contribution is 2.20. The van der Waals surface area contributed by atoms with E-state index in [0.717, 1.165) is 34.0 Å². The normalized spacial score (nSPS) is 12.1. The molecule has 10 heteroatoms. The molecule has 2 amide bonds. The fraction of sp³-hybridized carbons (Fsp3) is 0.267. The number of aryl methyl sites for hydroxylation is 1. The van der Waals surface area contributed by atoms with Gasteiger partial charge < -0.3 is 25.1 Å². The third-order valence-electron chi connectivity index (χ3n) is 6.49. The standard InChI is InChI=1S/C30H33N3O6S/c1-38-28-10-6-3-7-21(28)11-16-29(34)32-19-23(17-22-18-31-27-9-5-4-8-26(22)27)33-30(35)20-39-24-12-14-25(15-13-24)40(2,36)37/h3-10,12-15,18,23,31H,11,16-17,19-20H2,1-2H3,(H,32,34)(H,33,35). The zero-order valence-electron chi connectivity index (χ0n) is 22.5. The molecule has 0 fully saturated rings. The van der Waals surface area contributed by atoms with Gasteiger partial charge in [-0.05, 0) is 60.4 Å². The number of aromatic nitrogens is 1. The fourth-order valence-corrected chi connectivity index (χ4v) is 5.06. The Morgan fingerprint density at radius 3 is 2.40 bits per heavy atom. The summed E-state index contributed by atoms with van der Waals surface area (Å²) in [5.41, 5.74) is 2.95. The molecule has 3 N–H and O–H groups in total. The van der Waals surface area contributed by atoms with Crippen molar-refractivity contribution in [2.45, 2.75) is 30.2 Å². The third kappa shape index (κ3) is 7.86. The van der Waals surface area contributed by atoms with E-state index in [9.17, 15) is 18.0 Å². The van der Waals surface area contributed by atoms with E-state index in [1.54, 1.807) is 7.11 Å². The lowest BCUT2D eigenvalue weighted by atomic mass is 10.0. The molecule has 1 heterocycles. The number of H-pyrrole nitrogens is 1. The van der Waals surface area contributed by atoms with E-state index in [0.29, 0.717) is 18.6 Å². The van der Waals surface area contributed by atoms with Crippen molar-refractivity contribution in [2.24, 2.45) is 0 Å². The smallest absolute Gasteiger partial charge is 0.258 e. The molecular weight excluding hydrogens is 530 g/mol. The lowest BCUT2D eigenvalue weighted by Gasteiger charge is -2.20. The minimum absolute atomic E-state index is 0.133. The van der Waals surface area contributed by atoms with Gasteiger partial charge in [-0.25, -0.2) is 8.42 Å². The Morgan fingerprint density at radius 1 is 0.925 bits per heavy atom. The van der Waals surface area contributed by atoms with Gasteiger partial charge in [-0.3, -0.25) is 9.59 Å². The molecule has 3 aromatic carbocycles. The average Bonchev–Trinajstić information content (AvgIpc) is 3.36. The number of fused-ring (bicyclic) bond motifs is 1. The second-order valence-electron chi connectivity index (χ2n) is 9.48. The first-order valence-electron chi connectivity index (χ1n) is 12.9. The number of hydrogen-bond acceptors (Lipinski definition) is 6. The lowest BCUT2D eigenvalue weighted by Crippen LogP contribution is -2.46. The summed E-state index contributed by atoms with van der Waals surface area (Å²) in [6.07, 6.45) is 4.34. The van der Waals surface area contributed by atoms with Crippen molar-refractivity contribution in [3.8, 4) is 11.5 Å². The molecule has 4 rings (SSSR count). The Bertz CT molecular complexity index is 1560. The van der Waals surface area contributed by atoms with Gasteiger partial charge in [-0.2, -0.15) is 0 Å². The second kappa shape index (κ2) is 13.2. The summed E-state index contributed by atoms with van der Waals surface area (Å²) in [5.74, 6) is 0.623. The van der Waals surface area contributed by atoms with E-state index >= 15 is 0 Å². The molecule has 9 nitrogen and oxygen atoms in total. The molecule has 0 aliphatic carbocycles. The number of rotatable bonds is 13. The Hall–Kier alpha value is -4.31. The van der Waals surface area contributed by atoms with Gasteiger partial charge in [0.25, 0.3) is 5.91 Å². The molecule has 0 radical (unpaired) electrons. The van der Waals surface area contributed by atoms with E-state index in [4.69, 9.17) is 9.47 Å². The Balaban J connectivity index is 1.37. The molecule has 1 atom stereocenters. The number of amides is 2. The molecule has 210 valence electrons. The zero-order valence-corrected chi connectivity index (χ0v) is 23.3. The molecule has 1 unspecified atom stereocenters. The van der Waals surface area contributed by atoms with Gasteiger partial charge in [0.1, 0.15) is 11.5 Å². The zero-order chi connectivity index (χ0) is 28.5. The summed E-state index contributed by atoms with van der Waals surface area (Å²) in [4.78, 5) is 28.9. The van der Waals surface area contributed by atoms with E-state index in [-0.39, 0.29) is 36.3 Å². The van der Waals surface area contributed by atoms with Gasteiger partial charge in [0, 0.05) is 36.3 Å². The van der Waals surface area contributed by atoms with Gasteiger partial charge in [-0.15, -0.1) is 0 Å². The topological polar surface area (TPSA) is 127 Å². The maximum atomic E-state index is 12.8. The minimum Gasteiger partial charge on any atom is -0.496 e. The van der Waals surface area contributed by atoms with Crippen LogP contribution in [0, 0.1) is 0 Å². The Morgan fingerprint density at radius 2 is 1.65 bits per heavy atom. The van der Waals surface area contributed by atoms with Crippen molar-refractivity contribution in [2.75, 3.05) is 26.5 Å². The molecule has 0 bridgehead atoms. The Labute approximate surface area is 233 Å². The van der Waals surface area contributed by atoms with Crippen LogP contribution in [0.5, 0.6) is 11.5 Å². The summed E-state index contributed by atoms with van der Waals surface area (Å²) in [7, 11) is -1.72. The maximum Gasteiger partial charge on any atom is 0.258 e. The molecule has 0 saturated heterocycles. The number of sulfone groups is 1. The van der Waals surface area contributed by atoms with Crippen molar-refractivity contribution in [3.63, 3.8) is 0 Å². The first kappa shape index (κ1) is 28.7. The molecule has 0 aliphatic rings. The van der Waals surface area contributed by atoms with Crippen LogP contribution in [0.3, 0.4) is 0 Å². The monoisotopic (exact) mass is 563 g/mol. The highest BCUT2D eigenvalue weighted by atomic mass is 32.2. The van der Waals surface area contributed by atoms with E-state index in [1.807, 2.05) is 54.7 Å². The van der Waals surface area contributed by atoms with Gasteiger partial charge in [-0.1, -0.05) is 36.4 Å². The molecule has 1 aromatic heterocycles. The quantitative estimate of drug-likeness (QED) is 0.229. The highest BCUT2D eigenvalue weighted by Gasteiger charge is 2.18. The third-order valence-corrected chi connectivity index (χ3v) is 7.62. The molecule has 0 spiro atoms. The van der Waals surface area contributed by atoms with Crippen LogP contribution in [-0.2, 0) is 32.3 Å². The second-order valence-corrected chi connectivity index (χ2v) is 11.5. The summed E-state index contributed by atoms with van der Waals surface area (Å²) < 4.78 is 34.2. The van der Waals surface area contributed by atoms with Crippen molar-refractivity contribution in [3.05, 3.63) is 90.1 Å². The Kier molecular flexibility index (Phi) is 9.44. The predicted molar refractivity (Wildman–Crippen MR) is 153 cm³/mol. The summed E-state index contributed by atoms with van der Waals surface area (Å²) >= 11 is 0. The van der Waals surface area contributed by atoms with Gasteiger partial charge in [0.05, 0.1) is 18.0 Å². The highest BCUT2D eigenvalue weighted by molar-refractivity contribution is 7.90. The number of nitrogens with one attached hydrogen (secondary N) is 3. The van der Waals surface area contributed by atoms with Crippen LogP contribution in [0.2, 0.25) is 0 Å². The number of hydrogen-bond donors (Lipinski definition) is 3. The van der Waals surface area contributed by atoms with Crippen LogP contribution in [-0.4, -0.2) is 57.8 Å². The van der Waals surface area contributed by atoms with Crippen LogP contribution in [0.4, 0.5) is 0 Å². The first-order valence-corrected chi connectivity index (χ1v) is 14.8. The summed E-state index contributed by atoms with van der Waals surface area (Å²) in [5, 5.41) is 6.96. The molecule has 4 aromatic rings. The van der Waals surface area contributed by atoms with Crippen molar-refractivity contribution < 1.29 is 27.5 Å². The van der Waals surface area contributed by atoms with Crippen molar-refractivity contribution in [1.29, 1.82) is 0 Å². The van der Waals surface area contributed by atoms with Crippen LogP contribution in [0.25, 0.3) is 10.9 Å². The van der Waals surface area contributed by atoms with Crippen LogP contribution >= 0.6 is 0 Å². The van der Waals surface area contributed by atoms with Crippen LogP contribution in [0.15, 0.2) is 83.9 Å². The molecular formula is C30H33N3O6S. The van der Waals surface area contributed by atoms with Crippen LogP contribution in [0.1, 0.15) is 17.5 Å². The number of ether oxygens (including phenoxy) is 2. The van der Waals surface area contributed by atoms with Crippen molar-refractivity contribution >= 4 is 32.6 Å².